The van der Waals surface area contributed by atoms with E-state index in [0.29, 0.717) is 16.2 Å². The van der Waals surface area contributed by atoms with Gasteiger partial charge >= 0.3 is 0 Å². The largest absolute Gasteiger partial charge is 0.0654 e. The fraction of sp³-hybridized carbons (Fsp3) is 1.00. The third-order valence-corrected chi connectivity index (χ3v) is 13.1. The Balaban J connectivity index is 1.49. The third kappa shape index (κ3) is 6.09. The normalized spacial score (nSPS) is 40.5. The molecule has 11 unspecified atom stereocenters. The molecule has 0 aromatic heterocycles. The van der Waals surface area contributed by atoms with E-state index in [-0.39, 0.29) is 0 Å². The molecule has 0 aliphatic heterocycles. The average molecular weight is 501 g/mol. The number of unbranched alkanes of at least 4 members (excludes halogenated alkanes) is 2. The van der Waals surface area contributed by atoms with Crippen molar-refractivity contribution in [1.82, 2.24) is 0 Å². The predicted octanol–water partition coefficient (Wildman–Crippen LogP) is 12.0. The molecule has 0 bridgehead atoms. The van der Waals surface area contributed by atoms with Gasteiger partial charge in [-0.15, -0.1) is 0 Å². The zero-order chi connectivity index (χ0) is 26.7. The van der Waals surface area contributed by atoms with Crippen LogP contribution in [0, 0.1) is 63.6 Å². The second-order valence-electron chi connectivity index (χ2n) is 15.5. The Bertz CT molecular complexity index is 665. The summed E-state index contributed by atoms with van der Waals surface area (Å²) in [5, 5.41) is 0. The van der Waals surface area contributed by atoms with Crippen LogP contribution in [0.2, 0.25) is 0 Å². The lowest BCUT2D eigenvalue weighted by molar-refractivity contribution is 0.137. The first-order valence-corrected chi connectivity index (χ1v) is 17.0. The van der Waals surface area contributed by atoms with Gasteiger partial charge in [0, 0.05) is 0 Å². The second-order valence-corrected chi connectivity index (χ2v) is 15.5. The van der Waals surface area contributed by atoms with Crippen molar-refractivity contribution in [2.75, 3.05) is 0 Å². The zero-order valence-electron chi connectivity index (χ0n) is 26.7. The summed E-state index contributed by atoms with van der Waals surface area (Å²) in [6.07, 6.45) is 21.8. The van der Waals surface area contributed by atoms with E-state index in [1.54, 1.807) is 0 Å². The van der Waals surface area contributed by atoms with Crippen LogP contribution in [-0.2, 0) is 0 Å². The molecule has 212 valence electrons. The van der Waals surface area contributed by atoms with Crippen LogP contribution in [0.15, 0.2) is 0 Å². The number of hydrogen-bond acceptors (Lipinski definition) is 0. The highest BCUT2D eigenvalue weighted by Crippen LogP contribution is 2.83. The highest BCUT2D eigenvalue weighted by atomic mass is 14.8. The molecule has 0 amide bonds. The molecule has 0 radical (unpaired) electrons. The molecule has 3 aliphatic carbocycles. The molecule has 0 saturated heterocycles. The second kappa shape index (κ2) is 12.5. The molecule has 0 aromatic rings. The van der Waals surface area contributed by atoms with Gasteiger partial charge in [-0.25, -0.2) is 0 Å². The Hall–Kier alpha value is 0. The van der Waals surface area contributed by atoms with Gasteiger partial charge in [-0.3, -0.25) is 0 Å². The Kier molecular flexibility index (Phi) is 10.6. The SMILES string of the molecule is CCCCC(C)CC(C)CCC(C)C1(C)CC1CCC1C(C)C1(C(C)CCC)C1(C)CC1CCCC. The lowest BCUT2D eigenvalue weighted by Crippen LogP contribution is -2.28. The number of rotatable bonds is 19. The predicted molar refractivity (Wildman–Crippen MR) is 161 cm³/mol. The van der Waals surface area contributed by atoms with Crippen molar-refractivity contribution in [2.45, 2.75) is 166 Å². The molecule has 11 atom stereocenters. The fourth-order valence-corrected chi connectivity index (χ4v) is 10.2. The van der Waals surface area contributed by atoms with Crippen molar-refractivity contribution < 1.29 is 0 Å². The van der Waals surface area contributed by atoms with Gasteiger partial charge in [-0.05, 0) is 109 Å². The van der Waals surface area contributed by atoms with E-state index in [1.165, 1.54) is 96.3 Å². The van der Waals surface area contributed by atoms with Crippen molar-refractivity contribution in [1.29, 1.82) is 0 Å². The molecule has 0 N–H and O–H groups in total. The van der Waals surface area contributed by atoms with Gasteiger partial charge in [0.2, 0.25) is 0 Å². The smallest absolute Gasteiger partial charge is 0.0156 e. The maximum absolute atomic E-state index is 2.73. The van der Waals surface area contributed by atoms with Gasteiger partial charge in [0.15, 0.2) is 0 Å². The molecule has 0 heteroatoms. The van der Waals surface area contributed by atoms with Crippen molar-refractivity contribution in [3.63, 3.8) is 0 Å². The van der Waals surface area contributed by atoms with Gasteiger partial charge in [0.1, 0.15) is 0 Å². The highest BCUT2D eigenvalue weighted by Gasteiger charge is 2.77. The molecular weight excluding hydrogens is 432 g/mol. The molecule has 3 saturated carbocycles. The fourth-order valence-electron chi connectivity index (χ4n) is 10.2. The maximum atomic E-state index is 2.73. The first kappa shape index (κ1) is 30.5. The Morgan fingerprint density at radius 2 is 1.33 bits per heavy atom. The van der Waals surface area contributed by atoms with Gasteiger partial charge in [-0.1, -0.05) is 121 Å². The van der Waals surface area contributed by atoms with Gasteiger partial charge < -0.3 is 0 Å². The van der Waals surface area contributed by atoms with E-state index in [0.717, 1.165) is 47.3 Å². The third-order valence-electron chi connectivity index (χ3n) is 13.1. The van der Waals surface area contributed by atoms with Crippen LogP contribution in [0.1, 0.15) is 166 Å². The first-order valence-electron chi connectivity index (χ1n) is 17.0. The van der Waals surface area contributed by atoms with E-state index in [2.05, 4.69) is 69.2 Å². The van der Waals surface area contributed by atoms with E-state index in [9.17, 15) is 0 Å². The van der Waals surface area contributed by atoms with Gasteiger partial charge in [-0.2, -0.15) is 0 Å². The van der Waals surface area contributed by atoms with E-state index >= 15 is 0 Å². The number of hydrogen-bond donors (Lipinski definition) is 0. The van der Waals surface area contributed by atoms with E-state index < -0.39 is 0 Å². The van der Waals surface area contributed by atoms with Crippen LogP contribution in [0.3, 0.4) is 0 Å². The average Bonchev–Trinajstić information content (AvgIpc) is 3.77. The summed E-state index contributed by atoms with van der Waals surface area (Å²) in [5.41, 5.74) is 1.98. The van der Waals surface area contributed by atoms with Crippen LogP contribution >= 0.6 is 0 Å². The van der Waals surface area contributed by atoms with Gasteiger partial charge in [0.25, 0.3) is 0 Å². The molecule has 0 nitrogen and oxygen atoms in total. The van der Waals surface area contributed by atoms with Crippen molar-refractivity contribution in [3.8, 4) is 0 Å². The molecule has 0 aromatic carbocycles. The lowest BCUT2D eigenvalue weighted by Gasteiger charge is -2.34. The monoisotopic (exact) mass is 501 g/mol. The summed E-state index contributed by atoms with van der Waals surface area (Å²) in [7, 11) is 0. The zero-order valence-corrected chi connectivity index (χ0v) is 26.7. The molecule has 3 fully saturated rings. The van der Waals surface area contributed by atoms with Crippen LogP contribution in [0.25, 0.3) is 0 Å². The molecule has 36 heavy (non-hydrogen) atoms. The summed E-state index contributed by atoms with van der Waals surface area (Å²) in [5.74, 6) is 7.69. The summed E-state index contributed by atoms with van der Waals surface area (Å²) < 4.78 is 0. The quantitative estimate of drug-likeness (QED) is 0.165. The highest BCUT2D eigenvalue weighted by molar-refractivity contribution is 5.25. The lowest BCUT2D eigenvalue weighted by atomic mass is 9.70. The molecular formula is C36H68. The van der Waals surface area contributed by atoms with Crippen molar-refractivity contribution in [2.24, 2.45) is 63.6 Å². The van der Waals surface area contributed by atoms with Crippen LogP contribution in [0.4, 0.5) is 0 Å². The van der Waals surface area contributed by atoms with E-state index in [4.69, 9.17) is 0 Å². The molecule has 0 spiro atoms. The van der Waals surface area contributed by atoms with Crippen molar-refractivity contribution in [3.05, 3.63) is 0 Å². The minimum Gasteiger partial charge on any atom is -0.0654 e. The topological polar surface area (TPSA) is 0 Å². The Labute approximate surface area is 228 Å². The standard InChI is InChI=1S/C36H68/c1-11-14-17-26(4)23-27(5)19-20-28(6)34(9)24-31(34)21-22-33-30(8)36(33,29(7)16-13-3)35(10)25-32(35)18-15-12-2/h26-33H,11-25H2,1-10H3. The Morgan fingerprint density at radius 1 is 0.667 bits per heavy atom. The van der Waals surface area contributed by atoms with Crippen LogP contribution < -0.4 is 0 Å². The summed E-state index contributed by atoms with van der Waals surface area (Å²) >= 11 is 0. The maximum Gasteiger partial charge on any atom is -0.0156 e. The minimum absolute atomic E-state index is 0.649. The summed E-state index contributed by atoms with van der Waals surface area (Å²) in [6, 6.07) is 0. The molecule has 3 aliphatic rings. The minimum atomic E-state index is 0.649. The summed E-state index contributed by atoms with van der Waals surface area (Å²) in [6.45, 7) is 25.4. The molecule has 3 rings (SSSR count). The first-order chi connectivity index (χ1) is 17.0. The summed E-state index contributed by atoms with van der Waals surface area (Å²) in [4.78, 5) is 0. The molecule has 0 heterocycles. The van der Waals surface area contributed by atoms with Crippen LogP contribution in [0.5, 0.6) is 0 Å². The van der Waals surface area contributed by atoms with Crippen LogP contribution in [-0.4, -0.2) is 0 Å². The van der Waals surface area contributed by atoms with E-state index in [1.807, 2.05) is 0 Å². The van der Waals surface area contributed by atoms with Crippen molar-refractivity contribution >= 4 is 0 Å². The van der Waals surface area contributed by atoms with Gasteiger partial charge in [0.05, 0.1) is 0 Å². The Morgan fingerprint density at radius 3 is 1.97 bits per heavy atom.